The lowest BCUT2D eigenvalue weighted by molar-refractivity contribution is 0.892. The minimum Gasteiger partial charge on any atom is -0.370 e. The van der Waals surface area contributed by atoms with Gasteiger partial charge in [-0.1, -0.05) is 6.92 Å². The van der Waals surface area contributed by atoms with Gasteiger partial charge >= 0.3 is 0 Å². The van der Waals surface area contributed by atoms with Crippen LogP contribution in [0.25, 0.3) is 0 Å². The summed E-state index contributed by atoms with van der Waals surface area (Å²) in [6.45, 7) is 2.14. The van der Waals surface area contributed by atoms with Gasteiger partial charge in [-0.25, -0.2) is 0 Å². The van der Waals surface area contributed by atoms with E-state index in [9.17, 15) is 0 Å². The first kappa shape index (κ1) is 5.41. The molecule has 1 rings (SSSR count). The van der Waals surface area contributed by atoms with Gasteiger partial charge in [0.25, 0.3) is 0 Å². The van der Waals surface area contributed by atoms with Crippen molar-refractivity contribution in [1.82, 2.24) is 0 Å². The molecule has 1 unspecified atom stereocenters. The average Bonchev–Trinajstić information content (AvgIpc) is 2.17. The summed E-state index contributed by atoms with van der Waals surface area (Å²) in [4.78, 5) is 3.94. The van der Waals surface area contributed by atoms with Gasteiger partial charge in [0.15, 0.2) is 5.96 Å². The van der Waals surface area contributed by atoms with Gasteiger partial charge in [-0.05, 0) is 12.3 Å². The maximum absolute atomic E-state index is 5.12. The Balaban J connectivity index is 2.32. The fourth-order valence-corrected chi connectivity index (χ4v) is 0.674. The second kappa shape index (κ2) is 1.65. The van der Waals surface area contributed by atoms with Crippen LogP contribution in [0.4, 0.5) is 0 Å². The number of nitrogens with two attached hydrogens (primary N) is 2. The molecular formula is C5H11N3. The van der Waals surface area contributed by atoms with Crippen molar-refractivity contribution in [2.45, 2.75) is 19.4 Å². The van der Waals surface area contributed by atoms with Crippen molar-refractivity contribution >= 4 is 5.96 Å². The molecule has 1 aliphatic carbocycles. The Hall–Kier alpha value is -0.730. The second-order valence-electron chi connectivity index (χ2n) is 2.33. The lowest BCUT2D eigenvalue weighted by atomic mass is 10.5. The number of aliphatic imine (C=N–C) groups is 1. The summed E-state index contributed by atoms with van der Waals surface area (Å²) < 4.78 is 0. The molecule has 0 bridgehead atoms. The summed E-state index contributed by atoms with van der Waals surface area (Å²) in [5, 5.41) is 0. The monoisotopic (exact) mass is 113 g/mol. The Bertz CT molecular complexity index is 115. The third kappa shape index (κ3) is 1.12. The van der Waals surface area contributed by atoms with Gasteiger partial charge in [-0.3, -0.25) is 4.99 Å². The molecule has 3 heteroatoms. The van der Waals surface area contributed by atoms with Crippen molar-refractivity contribution < 1.29 is 0 Å². The molecule has 3 nitrogen and oxygen atoms in total. The zero-order chi connectivity index (χ0) is 6.15. The number of nitrogens with zero attached hydrogens (tertiary/aromatic N) is 1. The van der Waals surface area contributed by atoms with Gasteiger partial charge in [-0.2, -0.15) is 0 Å². The molecule has 1 saturated carbocycles. The highest BCUT2D eigenvalue weighted by Crippen LogP contribution is 2.32. The first-order valence-corrected chi connectivity index (χ1v) is 2.79. The van der Waals surface area contributed by atoms with Crippen molar-refractivity contribution in [2.24, 2.45) is 22.4 Å². The molecular weight excluding hydrogens is 102 g/mol. The Morgan fingerprint density at radius 1 is 1.62 bits per heavy atom. The van der Waals surface area contributed by atoms with Gasteiger partial charge in [0.1, 0.15) is 0 Å². The lowest BCUT2D eigenvalue weighted by Crippen LogP contribution is -2.23. The predicted octanol–water partition coefficient (Wildman–Crippen LogP) is -0.332. The Labute approximate surface area is 48.8 Å². The largest absolute Gasteiger partial charge is 0.370 e. The van der Waals surface area contributed by atoms with E-state index in [0.717, 1.165) is 6.42 Å². The molecule has 4 N–H and O–H groups in total. The van der Waals surface area contributed by atoms with Crippen LogP contribution in [0.1, 0.15) is 13.3 Å². The second-order valence-corrected chi connectivity index (χ2v) is 2.33. The fraction of sp³-hybridized carbons (Fsp3) is 0.800. The molecule has 2 atom stereocenters. The molecule has 46 valence electrons. The minimum absolute atomic E-state index is 0.222. The molecule has 1 aliphatic rings. The molecule has 0 amide bonds. The van der Waals surface area contributed by atoms with Gasteiger partial charge in [0.05, 0.1) is 6.04 Å². The third-order valence-electron chi connectivity index (χ3n) is 1.38. The average molecular weight is 113 g/mol. The summed E-state index contributed by atoms with van der Waals surface area (Å²) >= 11 is 0. The number of rotatable bonds is 1. The van der Waals surface area contributed by atoms with E-state index in [1.807, 2.05) is 0 Å². The highest BCUT2D eigenvalue weighted by Gasteiger charge is 2.31. The first-order valence-electron chi connectivity index (χ1n) is 2.79. The molecule has 0 aromatic heterocycles. The van der Waals surface area contributed by atoms with Crippen molar-refractivity contribution in [2.75, 3.05) is 0 Å². The Morgan fingerprint density at radius 3 is 2.25 bits per heavy atom. The summed E-state index contributed by atoms with van der Waals surface area (Å²) in [5.74, 6) is 0.927. The lowest BCUT2D eigenvalue weighted by Gasteiger charge is -1.86. The molecule has 0 aliphatic heterocycles. The minimum atomic E-state index is 0.222. The van der Waals surface area contributed by atoms with E-state index < -0.39 is 0 Å². The van der Waals surface area contributed by atoms with Crippen LogP contribution >= 0.6 is 0 Å². The standard InChI is InChI=1S/C5H11N3/c1-3-2-4(3)8-5(6)7/h3-4H,2H2,1H3,(H4,6,7,8)/t3?,4-/m0/s1. The molecule has 1 fully saturated rings. The molecule has 0 radical (unpaired) electrons. The predicted molar refractivity (Wildman–Crippen MR) is 33.4 cm³/mol. The summed E-state index contributed by atoms with van der Waals surface area (Å²) in [6.07, 6.45) is 1.15. The highest BCUT2D eigenvalue weighted by molar-refractivity contribution is 5.76. The third-order valence-corrected chi connectivity index (χ3v) is 1.38. The van der Waals surface area contributed by atoms with E-state index >= 15 is 0 Å². The van der Waals surface area contributed by atoms with Gasteiger partial charge in [0.2, 0.25) is 0 Å². The van der Waals surface area contributed by atoms with E-state index in [2.05, 4.69) is 11.9 Å². The van der Waals surface area contributed by atoms with E-state index in [1.165, 1.54) is 0 Å². The van der Waals surface area contributed by atoms with Crippen LogP contribution in [0.2, 0.25) is 0 Å². The van der Waals surface area contributed by atoms with Crippen LogP contribution in [-0.2, 0) is 0 Å². The van der Waals surface area contributed by atoms with Crippen molar-refractivity contribution in [3.05, 3.63) is 0 Å². The topological polar surface area (TPSA) is 64.4 Å². The number of hydrogen-bond acceptors (Lipinski definition) is 1. The highest BCUT2D eigenvalue weighted by atomic mass is 15.0. The van der Waals surface area contributed by atoms with E-state index in [0.29, 0.717) is 12.0 Å². The zero-order valence-corrected chi connectivity index (χ0v) is 4.96. The van der Waals surface area contributed by atoms with Crippen LogP contribution in [-0.4, -0.2) is 12.0 Å². The maximum atomic E-state index is 5.12. The molecule has 0 aromatic carbocycles. The van der Waals surface area contributed by atoms with Crippen LogP contribution in [0, 0.1) is 5.92 Å². The quantitative estimate of drug-likeness (QED) is 0.361. The van der Waals surface area contributed by atoms with Crippen molar-refractivity contribution in [1.29, 1.82) is 0 Å². The molecule has 0 aromatic rings. The van der Waals surface area contributed by atoms with E-state index in [4.69, 9.17) is 11.5 Å². The van der Waals surface area contributed by atoms with E-state index in [-0.39, 0.29) is 5.96 Å². The van der Waals surface area contributed by atoms with E-state index in [1.54, 1.807) is 0 Å². The maximum Gasteiger partial charge on any atom is 0.186 e. The van der Waals surface area contributed by atoms with Gasteiger partial charge in [0, 0.05) is 0 Å². The molecule has 0 heterocycles. The van der Waals surface area contributed by atoms with Crippen LogP contribution in [0.15, 0.2) is 4.99 Å². The number of guanidine groups is 1. The SMILES string of the molecule is CC1C[C@@H]1N=C(N)N. The summed E-state index contributed by atoms with van der Waals surface area (Å²) in [6, 6.07) is 0.431. The Morgan fingerprint density at radius 2 is 2.12 bits per heavy atom. The number of hydrogen-bond donors (Lipinski definition) is 2. The fourth-order valence-electron chi connectivity index (χ4n) is 0.674. The van der Waals surface area contributed by atoms with Gasteiger partial charge in [-0.15, -0.1) is 0 Å². The Kier molecular flexibility index (Phi) is 1.12. The normalized spacial score (nSPS) is 34.1. The van der Waals surface area contributed by atoms with Crippen LogP contribution in [0.5, 0.6) is 0 Å². The first-order chi connectivity index (χ1) is 3.70. The zero-order valence-electron chi connectivity index (χ0n) is 4.96. The molecule has 0 saturated heterocycles. The van der Waals surface area contributed by atoms with Crippen molar-refractivity contribution in [3.8, 4) is 0 Å². The smallest absolute Gasteiger partial charge is 0.186 e. The van der Waals surface area contributed by atoms with Gasteiger partial charge < -0.3 is 11.5 Å². The van der Waals surface area contributed by atoms with Crippen LogP contribution in [0.3, 0.4) is 0 Å². The molecule has 8 heavy (non-hydrogen) atoms. The van der Waals surface area contributed by atoms with Crippen LogP contribution < -0.4 is 11.5 Å². The summed E-state index contributed by atoms with van der Waals surface area (Å²) in [7, 11) is 0. The molecule has 0 spiro atoms. The van der Waals surface area contributed by atoms with Crippen molar-refractivity contribution in [3.63, 3.8) is 0 Å². The summed E-state index contributed by atoms with van der Waals surface area (Å²) in [5.41, 5.74) is 10.2.